The van der Waals surface area contributed by atoms with Gasteiger partial charge in [-0.25, -0.2) is 4.79 Å². The first-order valence-electron chi connectivity index (χ1n) is 9.75. The summed E-state index contributed by atoms with van der Waals surface area (Å²) in [6, 6.07) is 7.00. The van der Waals surface area contributed by atoms with Crippen LogP contribution in [0.2, 0.25) is 36.3 Å². The Morgan fingerprint density at radius 3 is 1.68 bits per heavy atom. The van der Waals surface area contributed by atoms with E-state index in [2.05, 4.69) is 60.0 Å². The van der Waals surface area contributed by atoms with Crippen LogP contribution in [0, 0.1) is 0 Å². The van der Waals surface area contributed by atoms with Gasteiger partial charge in [-0.2, -0.15) is 0 Å². The van der Waals surface area contributed by atoms with Gasteiger partial charge in [-0.3, -0.25) is 4.79 Å². The Morgan fingerprint density at radius 2 is 1.25 bits per heavy atom. The van der Waals surface area contributed by atoms with Gasteiger partial charge in [0.2, 0.25) is 0 Å². The Labute approximate surface area is 172 Å². The minimum absolute atomic E-state index is 0.0190. The van der Waals surface area contributed by atoms with Crippen LogP contribution in [0.15, 0.2) is 24.3 Å². The number of anilines is 1. The Hall–Kier alpha value is -1.61. The molecule has 7 heteroatoms. The second kappa shape index (κ2) is 8.41. The van der Waals surface area contributed by atoms with Crippen LogP contribution in [-0.2, 0) is 13.6 Å². The highest BCUT2D eigenvalue weighted by molar-refractivity contribution is 6.76. The molecule has 0 fully saturated rings. The molecule has 0 spiro atoms. The van der Waals surface area contributed by atoms with Gasteiger partial charge in [0.25, 0.3) is 16.6 Å². The molecule has 0 heterocycles. The molecule has 158 valence electrons. The normalized spacial score (nSPS) is 13.1. The third-order valence-electron chi connectivity index (χ3n) is 5.89. The van der Waals surface area contributed by atoms with Crippen molar-refractivity contribution in [1.82, 2.24) is 0 Å². The Balaban J connectivity index is 2.66. The lowest BCUT2D eigenvalue weighted by Gasteiger charge is -2.35. The van der Waals surface area contributed by atoms with Crippen LogP contribution >= 0.6 is 0 Å². The Morgan fingerprint density at radius 1 is 0.821 bits per heavy atom. The molecule has 0 aliphatic heterocycles. The number of hydrogen-bond donors (Lipinski definition) is 1. The van der Waals surface area contributed by atoms with Gasteiger partial charge in [-0.1, -0.05) is 41.5 Å². The molecule has 1 aromatic rings. The molecule has 0 aromatic heterocycles. The standard InChI is InChI=1S/C21H37NO4Si2/c1-20(2,3)27(7,8)25-18(23)15-22-17-13-11-16(12-14-17)19(24)26-28(9,10)21(4,5)6/h11-14,22H,15H2,1-10H3. The Bertz CT molecular complexity index is 699. The van der Waals surface area contributed by atoms with E-state index in [-0.39, 0.29) is 28.6 Å². The van der Waals surface area contributed by atoms with Crippen LogP contribution in [0.3, 0.4) is 0 Å². The zero-order chi connectivity index (χ0) is 22.0. The van der Waals surface area contributed by atoms with Gasteiger partial charge in [-0.15, -0.1) is 0 Å². The maximum Gasteiger partial charge on any atom is 0.324 e. The van der Waals surface area contributed by atoms with Crippen molar-refractivity contribution in [1.29, 1.82) is 0 Å². The van der Waals surface area contributed by atoms with E-state index >= 15 is 0 Å². The molecule has 0 saturated carbocycles. The second-order valence-electron chi connectivity index (χ2n) is 10.3. The molecule has 28 heavy (non-hydrogen) atoms. The molecule has 1 N–H and O–H groups in total. The van der Waals surface area contributed by atoms with Crippen molar-refractivity contribution in [3.8, 4) is 0 Å². The number of benzene rings is 1. The minimum atomic E-state index is -2.16. The van der Waals surface area contributed by atoms with E-state index in [0.717, 1.165) is 5.69 Å². The molecule has 0 radical (unpaired) electrons. The monoisotopic (exact) mass is 423 g/mol. The summed E-state index contributed by atoms with van der Waals surface area (Å²) in [5.74, 6) is -0.552. The average molecular weight is 424 g/mol. The Kier molecular flexibility index (Phi) is 7.34. The largest absolute Gasteiger partial charge is 0.518 e. The van der Waals surface area contributed by atoms with E-state index in [0.29, 0.717) is 5.56 Å². The fourth-order valence-electron chi connectivity index (χ4n) is 1.82. The van der Waals surface area contributed by atoms with Gasteiger partial charge in [0.15, 0.2) is 0 Å². The highest BCUT2D eigenvalue weighted by Gasteiger charge is 2.41. The van der Waals surface area contributed by atoms with E-state index in [1.54, 1.807) is 24.3 Å². The van der Waals surface area contributed by atoms with E-state index in [9.17, 15) is 9.59 Å². The first-order chi connectivity index (χ1) is 12.5. The SMILES string of the molecule is CC(C)(C)[Si](C)(C)OC(=O)CNc1ccc(C(=O)O[Si](C)(C)C(C)(C)C)cc1. The number of rotatable bonds is 6. The summed E-state index contributed by atoms with van der Waals surface area (Å²) in [7, 11) is -4.27. The van der Waals surface area contributed by atoms with Gasteiger partial charge >= 0.3 is 11.9 Å². The quantitative estimate of drug-likeness (QED) is 0.585. The lowest BCUT2D eigenvalue weighted by atomic mass is 10.2. The van der Waals surface area contributed by atoms with E-state index in [1.807, 2.05) is 13.1 Å². The van der Waals surface area contributed by atoms with Gasteiger partial charge < -0.3 is 14.2 Å². The molecule has 0 aliphatic carbocycles. The highest BCUT2D eigenvalue weighted by Crippen LogP contribution is 2.37. The third-order valence-corrected chi connectivity index (χ3v) is 14.5. The van der Waals surface area contributed by atoms with Crippen molar-refractivity contribution in [2.45, 2.75) is 77.8 Å². The van der Waals surface area contributed by atoms with Crippen molar-refractivity contribution in [2.75, 3.05) is 11.9 Å². The van der Waals surface area contributed by atoms with E-state index in [1.165, 1.54) is 0 Å². The van der Waals surface area contributed by atoms with E-state index < -0.39 is 16.6 Å². The molecular weight excluding hydrogens is 386 g/mol. The van der Waals surface area contributed by atoms with Crippen molar-refractivity contribution < 1.29 is 18.4 Å². The number of nitrogens with one attached hydrogen (secondary N) is 1. The van der Waals surface area contributed by atoms with Gasteiger partial charge in [0.1, 0.15) is 6.54 Å². The average Bonchev–Trinajstić information content (AvgIpc) is 2.50. The summed E-state index contributed by atoms with van der Waals surface area (Å²) >= 11 is 0. The molecule has 0 unspecified atom stereocenters. The molecule has 0 aliphatic rings. The third kappa shape index (κ3) is 6.48. The number of carbonyl (C=O) groups excluding carboxylic acids is 2. The molecule has 0 atom stereocenters. The molecule has 1 rings (SSSR count). The molecule has 5 nitrogen and oxygen atoms in total. The molecule has 0 amide bonds. The first-order valence-corrected chi connectivity index (χ1v) is 15.6. The summed E-state index contributed by atoms with van der Waals surface area (Å²) in [4.78, 5) is 24.6. The van der Waals surface area contributed by atoms with Gasteiger partial charge in [0.05, 0.1) is 5.56 Å². The van der Waals surface area contributed by atoms with Crippen LogP contribution in [0.4, 0.5) is 5.69 Å². The van der Waals surface area contributed by atoms with Crippen LogP contribution < -0.4 is 5.32 Å². The summed E-state index contributed by atoms with van der Waals surface area (Å²) in [5, 5.41) is 3.01. The fraction of sp³-hybridized carbons (Fsp3) is 0.619. The van der Waals surface area contributed by atoms with Gasteiger partial charge in [-0.05, 0) is 60.5 Å². The lowest BCUT2D eigenvalue weighted by molar-refractivity contribution is -0.133. The topological polar surface area (TPSA) is 64.6 Å². The predicted octanol–water partition coefficient (Wildman–Crippen LogP) is 5.81. The second-order valence-corrected chi connectivity index (χ2v) is 19.8. The van der Waals surface area contributed by atoms with Crippen LogP contribution in [0.25, 0.3) is 0 Å². The zero-order valence-electron chi connectivity index (χ0n) is 19.1. The lowest BCUT2D eigenvalue weighted by Crippen LogP contribution is -2.43. The van der Waals surface area contributed by atoms with Crippen LogP contribution in [-0.4, -0.2) is 35.1 Å². The first kappa shape index (κ1) is 24.4. The minimum Gasteiger partial charge on any atom is -0.518 e. The number of carbonyl (C=O) groups is 2. The van der Waals surface area contributed by atoms with Crippen LogP contribution in [0.1, 0.15) is 51.9 Å². The molecule has 1 aromatic carbocycles. The summed E-state index contributed by atoms with van der Waals surface area (Å²) in [5.41, 5.74) is 1.27. The van der Waals surface area contributed by atoms with E-state index in [4.69, 9.17) is 8.85 Å². The maximum absolute atomic E-state index is 12.5. The fourth-order valence-corrected chi connectivity index (χ4v) is 3.65. The predicted molar refractivity (Wildman–Crippen MR) is 121 cm³/mol. The molecule has 0 saturated heterocycles. The maximum atomic E-state index is 12.5. The van der Waals surface area contributed by atoms with Crippen molar-refractivity contribution >= 4 is 34.3 Å². The summed E-state index contributed by atoms with van der Waals surface area (Å²) in [6.07, 6.45) is 0. The van der Waals surface area contributed by atoms with Gasteiger partial charge in [0, 0.05) is 5.69 Å². The summed E-state index contributed by atoms with van der Waals surface area (Å²) < 4.78 is 11.6. The molecular formula is C21H37NO4Si2. The van der Waals surface area contributed by atoms with Crippen LogP contribution in [0.5, 0.6) is 0 Å². The number of hydrogen-bond acceptors (Lipinski definition) is 5. The smallest absolute Gasteiger partial charge is 0.324 e. The summed E-state index contributed by atoms with van der Waals surface area (Å²) in [6.45, 7) is 20.9. The zero-order valence-corrected chi connectivity index (χ0v) is 21.1. The molecule has 0 bridgehead atoms. The van der Waals surface area contributed by atoms with Crippen molar-refractivity contribution in [3.63, 3.8) is 0 Å². The highest BCUT2D eigenvalue weighted by atomic mass is 28.4. The van der Waals surface area contributed by atoms with Crippen molar-refractivity contribution in [3.05, 3.63) is 29.8 Å². The van der Waals surface area contributed by atoms with Crippen molar-refractivity contribution in [2.24, 2.45) is 0 Å².